The van der Waals surface area contributed by atoms with Crippen LogP contribution in [0.5, 0.6) is 0 Å². The first-order valence-electron chi connectivity index (χ1n) is 5.85. The van der Waals surface area contributed by atoms with E-state index in [-0.39, 0.29) is 13.0 Å². The Hall–Kier alpha value is -2.37. The minimum absolute atomic E-state index is 0.0735. The van der Waals surface area contributed by atoms with Crippen molar-refractivity contribution in [1.29, 1.82) is 0 Å². The lowest BCUT2D eigenvalue weighted by molar-refractivity contribution is -0.150. The van der Waals surface area contributed by atoms with Crippen molar-refractivity contribution in [1.82, 2.24) is 10.2 Å². The minimum atomic E-state index is -0.903. The van der Waals surface area contributed by atoms with E-state index < -0.39 is 23.9 Å². The Morgan fingerprint density at radius 3 is 2.68 bits per heavy atom. The van der Waals surface area contributed by atoms with Crippen LogP contribution in [0.4, 0.5) is 4.79 Å². The number of urea groups is 1. The fourth-order valence-corrected chi connectivity index (χ4v) is 1.69. The number of rotatable bonds is 3. The van der Waals surface area contributed by atoms with Gasteiger partial charge >= 0.3 is 12.0 Å². The van der Waals surface area contributed by atoms with Gasteiger partial charge in [-0.2, -0.15) is 0 Å². The van der Waals surface area contributed by atoms with Crippen molar-refractivity contribution in [3.8, 4) is 0 Å². The summed E-state index contributed by atoms with van der Waals surface area (Å²) in [6.45, 7) is 0.121. The summed E-state index contributed by atoms with van der Waals surface area (Å²) in [4.78, 5) is 35.5. The average Bonchev–Trinajstić information content (AvgIpc) is 2.42. The molecule has 0 bridgehead atoms. The Morgan fingerprint density at radius 1 is 1.37 bits per heavy atom. The van der Waals surface area contributed by atoms with Crippen molar-refractivity contribution in [3.63, 3.8) is 0 Å². The molecule has 1 N–H and O–H groups in total. The first-order valence-corrected chi connectivity index (χ1v) is 5.85. The lowest BCUT2D eigenvalue weighted by Gasteiger charge is -2.27. The van der Waals surface area contributed by atoms with Crippen LogP contribution < -0.4 is 5.32 Å². The predicted molar refractivity (Wildman–Crippen MR) is 65.9 cm³/mol. The van der Waals surface area contributed by atoms with Crippen molar-refractivity contribution in [3.05, 3.63) is 35.9 Å². The van der Waals surface area contributed by atoms with Crippen LogP contribution in [0.1, 0.15) is 12.0 Å². The number of amides is 3. The quantitative estimate of drug-likeness (QED) is 0.812. The van der Waals surface area contributed by atoms with Gasteiger partial charge in [0.25, 0.3) is 0 Å². The maximum absolute atomic E-state index is 11.8. The van der Waals surface area contributed by atoms with Crippen LogP contribution in [0.25, 0.3) is 0 Å². The van der Waals surface area contributed by atoms with E-state index in [1.807, 2.05) is 30.3 Å². The molecule has 19 heavy (non-hydrogen) atoms. The molecule has 1 aromatic carbocycles. The number of imide groups is 1. The highest BCUT2D eigenvalue weighted by atomic mass is 16.5. The molecule has 0 spiro atoms. The Bertz CT molecular complexity index is 483. The lowest BCUT2D eigenvalue weighted by Crippen LogP contribution is -2.56. The van der Waals surface area contributed by atoms with Gasteiger partial charge < -0.3 is 10.1 Å². The summed E-state index contributed by atoms with van der Waals surface area (Å²) in [7, 11) is 1.36. The third kappa shape index (κ3) is 3.09. The van der Waals surface area contributed by atoms with Crippen molar-refractivity contribution < 1.29 is 19.1 Å². The number of nitrogens with zero attached hydrogens (tertiary/aromatic N) is 1. The van der Waals surface area contributed by atoms with E-state index in [2.05, 4.69) is 5.32 Å². The lowest BCUT2D eigenvalue weighted by atomic mass is 10.1. The molecule has 0 unspecified atom stereocenters. The minimum Gasteiger partial charge on any atom is -0.459 e. The molecule has 1 heterocycles. The van der Waals surface area contributed by atoms with E-state index in [1.165, 1.54) is 7.05 Å². The summed E-state index contributed by atoms with van der Waals surface area (Å²) in [6.07, 6.45) is -0.0735. The van der Waals surface area contributed by atoms with Gasteiger partial charge in [-0.25, -0.2) is 9.59 Å². The zero-order chi connectivity index (χ0) is 13.8. The number of carbonyl (C=O) groups is 3. The van der Waals surface area contributed by atoms with E-state index in [0.717, 1.165) is 10.5 Å². The molecule has 2 rings (SSSR count). The number of hydrogen-bond acceptors (Lipinski definition) is 4. The van der Waals surface area contributed by atoms with Crippen LogP contribution in [0, 0.1) is 0 Å². The largest absolute Gasteiger partial charge is 0.459 e. The van der Waals surface area contributed by atoms with Gasteiger partial charge in [-0.05, 0) is 5.56 Å². The second-order valence-electron chi connectivity index (χ2n) is 4.25. The third-order valence-corrected chi connectivity index (χ3v) is 2.86. The zero-order valence-electron chi connectivity index (χ0n) is 10.5. The summed E-state index contributed by atoms with van der Waals surface area (Å²) in [5.74, 6) is -0.996. The molecule has 1 aromatic rings. The van der Waals surface area contributed by atoms with Gasteiger partial charge in [0.1, 0.15) is 12.6 Å². The van der Waals surface area contributed by atoms with Crippen LogP contribution in [0.3, 0.4) is 0 Å². The smallest absolute Gasteiger partial charge is 0.329 e. The predicted octanol–water partition coefficient (Wildman–Crippen LogP) is 0.670. The fourth-order valence-electron chi connectivity index (χ4n) is 1.69. The third-order valence-electron chi connectivity index (χ3n) is 2.86. The summed E-state index contributed by atoms with van der Waals surface area (Å²) < 4.78 is 5.08. The van der Waals surface area contributed by atoms with Gasteiger partial charge in [-0.15, -0.1) is 0 Å². The number of ether oxygens (including phenoxy) is 1. The number of esters is 1. The van der Waals surface area contributed by atoms with Gasteiger partial charge in [-0.3, -0.25) is 9.69 Å². The SMILES string of the molecule is CN1C(=O)C[C@H](C(=O)OCc2ccccc2)NC1=O. The molecular weight excluding hydrogens is 248 g/mol. The second kappa shape index (κ2) is 5.51. The molecule has 0 saturated carbocycles. The molecule has 0 radical (unpaired) electrons. The first kappa shape index (κ1) is 13.1. The van der Waals surface area contributed by atoms with E-state index in [1.54, 1.807) is 0 Å². The van der Waals surface area contributed by atoms with Crippen molar-refractivity contribution in [2.24, 2.45) is 0 Å². The fraction of sp³-hybridized carbons (Fsp3) is 0.308. The Labute approximate surface area is 110 Å². The highest BCUT2D eigenvalue weighted by Crippen LogP contribution is 2.09. The van der Waals surface area contributed by atoms with Crippen LogP contribution in [-0.4, -0.2) is 35.9 Å². The van der Waals surface area contributed by atoms with E-state index >= 15 is 0 Å². The molecule has 1 atom stereocenters. The van der Waals surface area contributed by atoms with Gasteiger partial charge in [0.05, 0.1) is 6.42 Å². The van der Waals surface area contributed by atoms with Crippen LogP contribution in [0.15, 0.2) is 30.3 Å². The molecule has 1 fully saturated rings. The monoisotopic (exact) mass is 262 g/mol. The van der Waals surface area contributed by atoms with E-state index in [9.17, 15) is 14.4 Å². The van der Waals surface area contributed by atoms with E-state index in [0.29, 0.717) is 0 Å². The number of benzene rings is 1. The van der Waals surface area contributed by atoms with Crippen LogP contribution in [-0.2, 0) is 20.9 Å². The molecule has 1 aliphatic rings. The molecule has 6 heteroatoms. The topological polar surface area (TPSA) is 75.7 Å². The van der Waals surface area contributed by atoms with Gasteiger partial charge in [-0.1, -0.05) is 30.3 Å². The van der Waals surface area contributed by atoms with Gasteiger partial charge in [0.15, 0.2) is 0 Å². The molecule has 3 amide bonds. The zero-order valence-corrected chi connectivity index (χ0v) is 10.5. The molecule has 1 aliphatic heterocycles. The van der Waals surface area contributed by atoms with Gasteiger partial charge in [0, 0.05) is 7.05 Å². The summed E-state index contributed by atoms with van der Waals surface area (Å²) in [5.41, 5.74) is 0.849. The molecule has 0 aromatic heterocycles. The Morgan fingerprint density at radius 2 is 2.05 bits per heavy atom. The molecular formula is C13H14N2O4. The maximum atomic E-state index is 11.8. The summed E-state index contributed by atoms with van der Waals surface area (Å²) in [5, 5.41) is 2.42. The Kier molecular flexibility index (Phi) is 3.79. The normalized spacial score (nSPS) is 19.0. The van der Waals surface area contributed by atoms with Gasteiger partial charge in [0.2, 0.25) is 5.91 Å². The first-order chi connectivity index (χ1) is 9.08. The van der Waals surface area contributed by atoms with Crippen molar-refractivity contribution >= 4 is 17.9 Å². The number of carbonyl (C=O) groups excluding carboxylic acids is 3. The van der Waals surface area contributed by atoms with Crippen LogP contribution in [0.2, 0.25) is 0 Å². The standard InChI is InChI=1S/C13H14N2O4/c1-15-11(16)7-10(14-13(15)18)12(17)19-8-9-5-3-2-4-6-9/h2-6,10H,7-8H2,1H3,(H,14,18)/t10-/m1/s1. The maximum Gasteiger partial charge on any atom is 0.329 e. The summed E-state index contributed by atoms with van der Waals surface area (Å²) in [6, 6.07) is 7.70. The highest BCUT2D eigenvalue weighted by molar-refractivity contribution is 6.01. The molecule has 1 saturated heterocycles. The molecule has 6 nitrogen and oxygen atoms in total. The van der Waals surface area contributed by atoms with Crippen molar-refractivity contribution in [2.75, 3.05) is 7.05 Å². The van der Waals surface area contributed by atoms with Crippen molar-refractivity contribution in [2.45, 2.75) is 19.1 Å². The van der Waals surface area contributed by atoms with E-state index in [4.69, 9.17) is 4.74 Å². The second-order valence-corrected chi connectivity index (χ2v) is 4.25. The number of hydrogen-bond donors (Lipinski definition) is 1. The van der Waals surface area contributed by atoms with Crippen LogP contribution >= 0.6 is 0 Å². The Balaban J connectivity index is 1.90. The molecule has 100 valence electrons. The summed E-state index contributed by atoms with van der Waals surface area (Å²) >= 11 is 0. The average molecular weight is 262 g/mol. The number of nitrogens with one attached hydrogen (secondary N) is 1. The molecule has 0 aliphatic carbocycles. The highest BCUT2D eigenvalue weighted by Gasteiger charge is 2.34.